The second-order valence-electron chi connectivity index (χ2n) is 3.25. The van der Waals surface area contributed by atoms with E-state index in [-0.39, 0.29) is 0 Å². The molecule has 0 aliphatic heterocycles. The van der Waals surface area contributed by atoms with Gasteiger partial charge in [0.2, 0.25) is 0 Å². The molecule has 1 aliphatic carbocycles. The smallest absolute Gasteiger partial charge is 0.340 e. The summed E-state index contributed by atoms with van der Waals surface area (Å²) in [5, 5.41) is 13.1. The largest absolute Gasteiger partial charge is 0.478 e. The third kappa shape index (κ3) is 1.37. The third-order valence-electron chi connectivity index (χ3n) is 2.18. The van der Waals surface area contributed by atoms with E-state index in [1.165, 1.54) is 0 Å². The van der Waals surface area contributed by atoms with Crippen LogP contribution in [-0.4, -0.2) is 20.9 Å². The maximum atomic E-state index is 10.9. The minimum absolute atomic E-state index is 0.324. The van der Waals surface area contributed by atoms with Crippen molar-refractivity contribution in [2.45, 2.75) is 18.8 Å². The van der Waals surface area contributed by atoms with Crippen molar-refractivity contribution < 1.29 is 9.90 Å². The summed E-state index contributed by atoms with van der Waals surface area (Å²) >= 11 is 3.22. The fourth-order valence-electron chi connectivity index (χ4n) is 1.36. The minimum Gasteiger partial charge on any atom is -0.478 e. The Morgan fingerprint density at radius 3 is 2.77 bits per heavy atom. The average molecular weight is 245 g/mol. The minimum atomic E-state index is -0.901. The molecule has 1 aliphatic rings. The molecule has 1 aromatic rings. The van der Waals surface area contributed by atoms with Crippen molar-refractivity contribution in [2.75, 3.05) is 0 Å². The predicted octanol–water partition coefficient (Wildman–Crippen LogP) is 1.76. The van der Waals surface area contributed by atoms with Gasteiger partial charge >= 0.3 is 5.97 Å². The van der Waals surface area contributed by atoms with Crippen LogP contribution in [0.3, 0.4) is 0 Å². The van der Waals surface area contributed by atoms with Crippen LogP contribution in [0.25, 0.3) is 0 Å². The van der Waals surface area contributed by atoms with Gasteiger partial charge in [0.15, 0.2) is 0 Å². The molecule has 1 heterocycles. The van der Waals surface area contributed by atoms with Gasteiger partial charge < -0.3 is 5.11 Å². The quantitative estimate of drug-likeness (QED) is 0.863. The van der Waals surface area contributed by atoms with Crippen LogP contribution >= 0.6 is 15.9 Å². The number of hydrogen-bond acceptors (Lipinski definition) is 2. The number of hydrogen-bond donors (Lipinski definition) is 1. The predicted molar refractivity (Wildman–Crippen MR) is 49.8 cm³/mol. The zero-order valence-electron chi connectivity index (χ0n) is 7.12. The standard InChI is InChI=1S/C8H9BrN2O2/c1-11-7(9)5(8(12)13)6(10-11)4-2-3-4/h4H,2-3H2,1H3,(H,12,13). The summed E-state index contributed by atoms with van der Waals surface area (Å²) in [7, 11) is 1.74. The normalized spacial score (nSPS) is 16.2. The highest BCUT2D eigenvalue weighted by molar-refractivity contribution is 9.10. The molecule has 4 nitrogen and oxygen atoms in total. The molecular weight excluding hydrogens is 236 g/mol. The summed E-state index contributed by atoms with van der Waals surface area (Å²) in [4.78, 5) is 10.9. The van der Waals surface area contributed by atoms with Gasteiger partial charge in [-0.2, -0.15) is 5.10 Å². The van der Waals surface area contributed by atoms with Crippen LogP contribution in [0.1, 0.15) is 34.8 Å². The van der Waals surface area contributed by atoms with E-state index >= 15 is 0 Å². The molecule has 1 aromatic heterocycles. The second kappa shape index (κ2) is 2.83. The van der Waals surface area contributed by atoms with Gasteiger partial charge in [-0.1, -0.05) is 0 Å². The fourth-order valence-corrected chi connectivity index (χ4v) is 1.82. The Labute approximate surface area is 83.7 Å². The van der Waals surface area contributed by atoms with E-state index in [2.05, 4.69) is 21.0 Å². The van der Waals surface area contributed by atoms with E-state index in [4.69, 9.17) is 5.11 Å². The zero-order chi connectivity index (χ0) is 9.59. The molecule has 2 rings (SSSR count). The lowest BCUT2D eigenvalue weighted by molar-refractivity contribution is 0.0694. The Hall–Kier alpha value is -0.840. The molecule has 5 heteroatoms. The Balaban J connectivity index is 2.54. The number of aryl methyl sites for hydroxylation is 1. The summed E-state index contributed by atoms with van der Waals surface area (Å²) in [5.74, 6) is -0.537. The fraction of sp³-hybridized carbons (Fsp3) is 0.500. The summed E-state index contributed by atoms with van der Waals surface area (Å²) in [6, 6.07) is 0. The lowest BCUT2D eigenvalue weighted by Gasteiger charge is -1.93. The van der Waals surface area contributed by atoms with Gasteiger partial charge in [-0.25, -0.2) is 4.79 Å². The Morgan fingerprint density at radius 1 is 1.69 bits per heavy atom. The first kappa shape index (κ1) is 8.74. The zero-order valence-corrected chi connectivity index (χ0v) is 8.71. The Morgan fingerprint density at radius 2 is 2.31 bits per heavy atom. The lowest BCUT2D eigenvalue weighted by Crippen LogP contribution is -1.99. The topological polar surface area (TPSA) is 55.1 Å². The van der Waals surface area contributed by atoms with Crippen molar-refractivity contribution in [1.29, 1.82) is 0 Å². The van der Waals surface area contributed by atoms with Crippen molar-refractivity contribution in [3.8, 4) is 0 Å². The van der Waals surface area contributed by atoms with E-state index in [0.717, 1.165) is 18.5 Å². The average Bonchev–Trinajstić information content (AvgIpc) is 2.80. The first-order chi connectivity index (χ1) is 6.11. The van der Waals surface area contributed by atoms with E-state index in [9.17, 15) is 4.79 Å². The number of aromatic carboxylic acids is 1. The summed E-state index contributed by atoms with van der Waals surface area (Å²) in [6.07, 6.45) is 2.12. The van der Waals surface area contributed by atoms with Crippen molar-refractivity contribution >= 4 is 21.9 Å². The van der Waals surface area contributed by atoms with Crippen LogP contribution in [0.5, 0.6) is 0 Å². The van der Waals surface area contributed by atoms with Crippen LogP contribution in [0.4, 0.5) is 0 Å². The summed E-state index contributed by atoms with van der Waals surface area (Å²) in [5.41, 5.74) is 1.05. The molecule has 0 radical (unpaired) electrons. The molecule has 13 heavy (non-hydrogen) atoms. The van der Waals surface area contributed by atoms with Gasteiger partial charge in [0.05, 0.1) is 5.69 Å². The number of halogens is 1. The van der Waals surface area contributed by atoms with Gasteiger partial charge in [0.25, 0.3) is 0 Å². The molecule has 1 saturated carbocycles. The monoisotopic (exact) mass is 244 g/mol. The van der Waals surface area contributed by atoms with Crippen molar-refractivity contribution in [2.24, 2.45) is 7.05 Å². The highest BCUT2D eigenvalue weighted by Crippen LogP contribution is 2.42. The van der Waals surface area contributed by atoms with Gasteiger partial charge in [0, 0.05) is 13.0 Å². The molecule has 0 saturated heterocycles. The lowest BCUT2D eigenvalue weighted by atomic mass is 10.2. The number of nitrogens with zero attached hydrogens (tertiary/aromatic N) is 2. The highest BCUT2D eigenvalue weighted by Gasteiger charge is 2.33. The van der Waals surface area contributed by atoms with Crippen LogP contribution in [0.15, 0.2) is 4.60 Å². The maximum Gasteiger partial charge on any atom is 0.340 e. The molecule has 0 unspecified atom stereocenters. The molecular formula is C8H9BrN2O2. The Bertz CT molecular complexity index is 368. The molecule has 0 aromatic carbocycles. The SMILES string of the molecule is Cn1nc(C2CC2)c(C(=O)O)c1Br. The van der Waals surface area contributed by atoms with Crippen molar-refractivity contribution in [3.05, 3.63) is 15.9 Å². The molecule has 0 bridgehead atoms. The van der Waals surface area contributed by atoms with Crippen LogP contribution in [0, 0.1) is 0 Å². The van der Waals surface area contributed by atoms with E-state index in [1.54, 1.807) is 11.7 Å². The van der Waals surface area contributed by atoms with Crippen molar-refractivity contribution in [1.82, 2.24) is 9.78 Å². The van der Waals surface area contributed by atoms with Crippen molar-refractivity contribution in [3.63, 3.8) is 0 Å². The molecule has 1 fully saturated rings. The van der Waals surface area contributed by atoms with E-state index in [0.29, 0.717) is 16.1 Å². The molecule has 0 amide bonds. The van der Waals surface area contributed by atoms with Gasteiger partial charge in [-0.05, 0) is 28.8 Å². The number of aromatic nitrogens is 2. The molecule has 0 atom stereocenters. The Kier molecular flexibility index (Phi) is 1.91. The number of rotatable bonds is 2. The second-order valence-corrected chi connectivity index (χ2v) is 4.01. The number of carboxylic acid groups (broad SMARTS) is 1. The first-order valence-corrected chi connectivity index (χ1v) is 4.86. The van der Waals surface area contributed by atoms with Gasteiger partial charge in [-0.3, -0.25) is 4.68 Å². The van der Waals surface area contributed by atoms with Gasteiger partial charge in [0.1, 0.15) is 10.2 Å². The molecule has 70 valence electrons. The first-order valence-electron chi connectivity index (χ1n) is 4.07. The van der Waals surface area contributed by atoms with Crippen LogP contribution < -0.4 is 0 Å². The number of carboxylic acids is 1. The van der Waals surface area contributed by atoms with Crippen LogP contribution in [-0.2, 0) is 7.05 Å². The maximum absolute atomic E-state index is 10.9. The highest BCUT2D eigenvalue weighted by atomic mass is 79.9. The molecule has 0 spiro atoms. The summed E-state index contributed by atoms with van der Waals surface area (Å²) < 4.78 is 2.12. The number of carbonyl (C=O) groups is 1. The van der Waals surface area contributed by atoms with E-state index in [1.807, 2.05) is 0 Å². The van der Waals surface area contributed by atoms with E-state index < -0.39 is 5.97 Å². The molecule has 1 N–H and O–H groups in total. The summed E-state index contributed by atoms with van der Waals surface area (Å²) in [6.45, 7) is 0. The third-order valence-corrected chi connectivity index (χ3v) is 3.09. The van der Waals surface area contributed by atoms with Crippen LogP contribution in [0.2, 0.25) is 0 Å². The van der Waals surface area contributed by atoms with Gasteiger partial charge in [-0.15, -0.1) is 0 Å².